The number of aliphatic hydroxyl groups excluding tert-OH is 1. The normalized spacial score (nSPS) is 15.7. The fourth-order valence-electron chi connectivity index (χ4n) is 2.37. The van der Waals surface area contributed by atoms with E-state index in [9.17, 15) is 23.2 Å². The molecule has 2 heterocycles. The summed E-state index contributed by atoms with van der Waals surface area (Å²) in [5.41, 5.74) is -0.601. The Bertz CT molecular complexity index is 1010. The molecule has 0 spiro atoms. The van der Waals surface area contributed by atoms with E-state index in [4.69, 9.17) is 0 Å². The number of aliphatic hydroxyl groups is 1. The van der Waals surface area contributed by atoms with Gasteiger partial charge in [0.15, 0.2) is 11.5 Å². The Labute approximate surface area is 146 Å². The summed E-state index contributed by atoms with van der Waals surface area (Å²) < 4.78 is 25.8. The van der Waals surface area contributed by atoms with E-state index in [1.807, 2.05) is 0 Å². The van der Waals surface area contributed by atoms with Gasteiger partial charge in [0.2, 0.25) is 5.13 Å². The fraction of sp³-hybridized carbons (Fsp3) is 0.143. The van der Waals surface area contributed by atoms with Crippen molar-refractivity contribution in [2.75, 3.05) is 12.1 Å². The van der Waals surface area contributed by atoms with Gasteiger partial charge >= 0.3 is 5.91 Å². The maximum atomic E-state index is 12.7. The van der Waals surface area contributed by atoms with Crippen LogP contribution in [0.5, 0.6) is 0 Å². The standard InChI is InChI=1S/C14H12N4O5S2/c1-8-7-15-14(24-8)18(16-21)13(20)11-12(19)9-5-3-4-6-10(9)25(22,23)17(11)2/h3-7,19H,1-2H3. The molecule has 1 aliphatic heterocycles. The second-order valence-electron chi connectivity index (χ2n) is 5.12. The summed E-state index contributed by atoms with van der Waals surface area (Å²) in [4.78, 5) is 28.4. The van der Waals surface area contributed by atoms with E-state index < -0.39 is 27.4 Å². The van der Waals surface area contributed by atoms with Crippen LogP contribution >= 0.6 is 11.3 Å². The molecule has 2 aromatic rings. The van der Waals surface area contributed by atoms with Gasteiger partial charge in [-0.2, -0.15) is 0 Å². The molecule has 25 heavy (non-hydrogen) atoms. The van der Waals surface area contributed by atoms with E-state index >= 15 is 0 Å². The van der Waals surface area contributed by atoms with Crippen LogP contribution in [0.3, 0.4) is 0 Å². The van der Waals surface area contributed by atoms with Crippen LogP contribution in [0, 0.1) is 11.8 Å². The highest BCUT2D eigenvalue weighted by Crippen LogP contribution is 2.36. The van der Waals surface area contributed by atoms with Crippen molar-refractivity contribution in [1.82, 2.24) is 9.29 Å². The highest BCUT2D eigenvalue weighted by Gasteiger charge is 2.40. The average molecular weight is 380 g/mol. The molecule has 0 unspecified atom stereocenters. The second kappa shape index (κ2) is 5.93. The molecule has 1 aliphatic rings. The van der Waals surface area contributed by atoms with Gasteiger partial charge in [-0.05, 0) is 19.1 Å². The number of carbonyl (C=O) groups is 1. The minimum Gasteiger partial charge on any atom is -0.505 e. The summed E-state index contributed by atoms with van der Waals surface area (Å²) in [6.07, 6.45) is 1.44. The topological polar surface area (TPSA) is 120 Å². The van der Waals surface area contributed by atoms with E-state index in [0.29, 0.717) is 9.31 Å². The smallest absolute Gasteiger partial charge is 0.304 e. The summed E-state index contributed by atoms with van der Waals surface area (Å²) in [5, 5.41) is 13.5. The largest absolute Gasteiger partial charge is 0.505 e. The van der Waals surface area contributed by atoms with Gasteiger partial charge in [0.25, 0.3) is 10.0 Å². The first-order valence-corrected chi connectivity index (χ1v) is 9.16. The Hall–Kier alpha value is -2.79. The van der Waals surface area contributed by atoms with E-state index in [1.165, 1.54) is 30.5 Å². The van der Waals surface area contributed by atoms with Crippen LogP contribution < -0.4 is 5.01 Å². The lowest BCUT2D eigenvalue weighted by atomic mass is 10.1. The third kappa shape index (κ3) is 2.57. The predicted molar refractivity (Wildman–Crippen MR) is 91.1 cm³/mol. The van der Waals surface area contributed by atoms with E-state index in [-0.39, 0.29) is 15.6 Å². The van der Waals surface area contributed by atoms with Gasteiger partial charge < -0.3 is 5.11 Å². The molecule has 0 fully saturated rings. The van der Waals surface area contributed by atoms with Crippen LogP contribution in [0.15, 0.2) is 46.3 Å². The molecule has 130 valence electrons. The van der Waals surface area contributed by atoms with E-state index in [0.717, 1.165) is 23.3 Å². The second-order valence-corrected chi connectivity index (χ2v) is 8.27. The van der Waals surface area contributed by atoms with Gasteiger partial charge in [-0.15, -0.1) is 9.92 Å². The third-order valence-electron chi connectivity index (χ3n) is 3.59. The SMILES string of the molecule is Cc1cnc(N(N=O)C(=O)C2=C(O)c3ccccc3S(=O)(=O)N2C)s1. The molecular formula is C14H12N4O5S2. The minimum absolute atomic E-state index is 0.0230. The Morgan fingerprint density at radius 3 is 2.64 bits per heavy atom. The van der Waals surface area contributed by atoms with Crippen molar-refractivity contribution in [3.8, 4) is 0 Å². The van der Waals surface area contributed by atoms with Crippen molar-refractivity contribution in [3.63, 3.8) is 0 Å². The number of hydrogen-bond acceptors (Lipinski definition) is 8. The van der Waals surface area contributed by atoms with E-state index in [2.05, 4.69) is 10.3 Å². The molecule has 0 aliphatic carbocycles. The lowest BCUT2D eigenvalue weighted by Crippen LogP contribution is -2.40. The molecular weight excluding hydrogens is 368 g/mol. The maximum absolute atomic E-state index is 12.7. The molecule has 9 nitrogen and oxygen atoms in total. The zero-order chi connectivity index (χ0) is 18.4. The molecule has 0 saturated carbocycles. The molecule has 1 aromatic heterocycles. The molecule has 11 heteroatoms. The average Bonchev–Trinajstić information content (AvgIpc) is 3.00. The number of nitroso groups, excluding NO2 is 1. The Balaban J connectivity index is 2.18. The number of fused-ring (bicyclic) bond motifs is 1. The lowest BCUT2D eigenvalue weighted by molar-refractivity contribution is -0.116. The summed E-state index contributed by atoms with van der Waals surface area (Å²) in [5.74, 6) is -1.65. The van der Waals surface area contributed by atoms with Crippen molar-refractivity contribution < 1.29 is 18.3 Å². The number of rotatable bonds is 3. The first-order chi connectivity index (χ1) is 11.8. The monoisotopic (exact) mass is 380 g/mol. The van der Waals surface area contributed by atoms with Gasteiger partial charge in [-0.25, -0.2) is 13.4 Å². The molecule has 3 rings (SSSR count). The summed E-state index contributed by atoms with van der Waals surface area (Å²) >= 11 is 1.03. The van der Waals surface area contributed by atoms with Crippen LogP contribution in [0.1, 0.15) is 10.4 Å². The van der Waals surface area contributed by atoms with Gasteiger partial charge in [-0.3, -0.25) is 9.10 Å². The molecule has 0 bridgehead atoms. The van der Waals surface area contributed by atoms with Crippen LogP contribution in [0.25, 0.3) is 5.76 Å². The van der Waals surface area contributed by atoms with Gasteiger partial charge in [0.05, 0.1) is 10.2 Å². The number of nitrogens with zero attached hydrogens (tertiary/aromatic N) is 4. The number of hydrogen-bond donors (Lipinski definition) is 1. The number of amides is 1. The van der Waals surface area contributed by atoms with E-state index in [1.54, 1.807) is 6.92 Å². The van der Waals surface area contributed by atoms with Gasteiger partial charge in [-0.1, -0.05) is 23.5 Å². The Morgan fingerprint density at radius 1 is 1.36 bits per heavy atom. The van der Waals surface area contributed by atoms with Crippen LogP contribution in [0.4, 0.5) is 5.13 Å². The lowest BCUT2D eigenvalue weighted by Gasteiger charge is -2.29. The highest BCUT2D eigenvalue weighted by molar-refractivity contribution is 7.89. The maximum Gasteiger partial charge on any atom is 0.304 e. The van der Waals surface area contributed by atoms with Crippen molar-refractivity contribution in [1.29, 1.82) is 0 Å². The fourth-order valence-corrected chi connectivity index (χ4v) is 4.46. The Morgan fingerprint density at radius 2 is 2.04 bits per heavy atom. The van der Waals surface area contributed by atoms with Crippen LogP contribution in [-0.4, -0.2) is 35.8 Å². The number of sulfonamides is 1. The molecule has 0 saturated heterocycles. The first-order valence-electron chi connectivity index (χ1n) is 6.90. The molecule has 0 radical (unpaired) electrons. The molecule has 1 amide bonds. The number of likely N-dealkylation sites (N-methyl/N-ethyl adjacent to an activating group) is 1. The number of aromatic nitrogens is 1. The molecule has 1 N–H and O–H groups in total. The number of benzene rings is 1. The molecule has 1 aromatic carbocycles. The molecule has 0 atom stereocenters. The Kier molecular flexibility index (Phi) is 4.05. The zero-order valence-corrected chi connectivity index (χ0v) is 14.7. The van der Waals surface area contributed by atoms with Crippen LogP contribution in [0.2, 0.25) is 0 Å². The van der Waals surface area contributed by atoms with Crippen molar-refractivity contribution in [3.05, 3.63) is 51.5 Å². The van der Waals surface area contributed by atoms with Crippen molar-refractivity contribution >= 4 is 38.2 Å². The number of thiazole rings is 1. The first kappa shape index (κ1) is 17.0. The summed E-state index contributed by atoms with van der Waals surface area (Å²) in [7, 11) is -2.94. The number of carbonyl (C=O) groups excluding carboxylic acids is 1. The predicted octanol–water partition coefficient (Wildman–Crippen LogP) is 2.03. The number of aryl methyl sites for hydroxylation is 1. The summed E-state index contributed by atoms with van der Waals surface area (Å²) in [6, 6.07) is 5.72. The zero-order valence-electron chi connectivity index (χ0n) is 13.1. The highest BCUT2D eigenvalue weighted by atomic mass is 32.2. The van der Waals surface area contributed by atoms with Crippen molar-refractivity contribution in [2.24, 2.45) is 5.29 Å². The quantitative estimate of drug-likeness (QED) is 0.642. The minimum atomic E-state index is -4.06. The summed E-state index contributed by atoms with van der Waals surface area (Å²) in [6.45, 7) is 1.72. The third-order valence-corrected chi connectivity index (χ3v) is 6.29. The number of anilines is 1. The van der Waals surface area contributed by atoms with Crippen LogP contribution in [-0.2, 0) is 14.8 Å². The van der Waals surface area contributed by atoms with Gasteiger partial charge in [0.1, 0.15) is 0 Å². The van der Waals surface area contributed by atoms with Gasteiger partial charge in [0, 0.05) is 23.7 Å². The van der Waals surface area contributed by atoms with Crippen molar-refractivity contribution in [2.45, 2.75) is 11.8 Å².